The van der Waals surface area contributed by atoms with Crippen LogP contribution in [0, 0.1) is 0 Å². The molecule has 19 heavy (non-hydrogen) atoms. The van der Waals surface area contributed by atoms with Crippen LogP contribution < -0.4 is 5.73 Å². The average molecular weight is 279 g/mol. The van der Waals surface area contributed by atoms with Crippen LogP contribution in [0.2, 0.25) is 0 Å². The molecule has 2 N–H and O–H groups in total. The van der Waals surface area contributed by atoms with Crippen molar-refractivity contribution in [2.45, 2.75) is 18.5 Å². The van der Waals surface area contributed by atoms with Gasteiger partial charge in [-0.15, -0.1) is 11.3 Å². The van der Waals surface area contributed by atoms with E-state index < -0.39 is 0 Å². The van der Waals surface area contributed by atoms with E-state index >= 15 is 0 Å². The monoisotopic (exact) mass is 279 g/mol. The Morgan fingerprint density at radius 2 is 2.32 bits per heavy atom. The van der Waals surface area contributed by atoms with Crippen molar-refractivity contribution >= 4 is 16.3 Å². The molecule has 0 spiro atoms. The van der Waals surface area contributed by atoms with E-state index in [2.05, 4.69) is 44.9 Å². The van der Waals surface area contributed by atoms with Gasteiger partial charge in [-0.25, -0.2) is 4.98 Å². The molecule has 1 aliphatic rings. The molecule has 2 aromatic rings. The third-order valence-corrected chi connectivity index (χ3v) is 4.75. The van der Waals surface area contributed by atoms with Gasteiger partial charge in [0.05, 0.1) is 5.69 Å². The fourth-order valence-corrected chi connectivity index (χ4v) is 3.48. The molecule has 3 heterocycles. The van der Waals surface area contributed by atoms with Crippen molar-refractivity contribution in [3.63, 3.8) is 0 Å². The first-order valence-electron chi connectivity index (χ1n) is 6.69. The summed E-state index contributed by atoms with van der Waals surface area (Å²) in [6.07, 6.45) is 4.98. The number of piperazine rings is 1. The van der Waals surface area contributed by atoms with Crippen molar-refractivity contribution < 1.29 is 0 Å². The van der Waals surface area contributed by atoms with E-state index in [1.165, 1.54) is 0 Å². The summed E-state index contributed by atoms with van der Waals surface area (Å²) in [6, 6.07) is 0.552. The third kappa shape index (κ3) is 2.67. The van der Waals surface area contributed by atoms with E-state index in [1.807, 2.05) is 6.20 Å². The molecule has 1 fully saturated rings. The highest BCUT2D eigenvalue weighted by Crippen LogP contribution is 2.15. The smallest absolute Gasteiger partial charge is 0.193 e. The standard InChI is InChI=1S/C13H21N5S/c1-16-3-4-17(2)12(9-16)11(14)7-10-8-18-5-6-19-13(18)15-10/h5-6,8,11-12H,3-4,7,9,14H2,1-2H3. The minimum Gasteiger partial charge on any atom is -0.326 e. The number of thiazole rings is 1. The lowest BCUT2D eigenvalue weighted by Crippen LogP contribution is -2.58. The molecule has 2 aromatic heterocycles. The van der Waals surface area contributed by atoms with E-state index in [1.54, 1.807) is 11.3 Å². The van der Waals surface area contributed by atoms with Crippen LogP contribution in [0.4, 0.5) is 0 Å². The van der Waals surface area contributed by atoms with Gasteiger partial charge in [0.1, 0.15) is 0 Å². The lowest BCUT2D eigenvalue weighted by atomic mass is 10.0. The van der Waals surface area contributed by atoms with Crippen molar-refractivity contribution in [3.05, 3.63) is 23.5 Å². The van der Waals surface area contributed by atoms with Gasteiger partial charge < -0.3 is 10.6 Å². The number of likely N-dealkylation sites (N-methyl/N-ethyl adjacent to an activating group) is 2. The Kier molecular flexibility index (Phi) is 3.58. The first-order chi connectivity index (χ1) is 9.13. The topological polar surface area (TPSA) is 49.8 Å². The van der Waals surface area contributed by atoms with Gasteiger partial charge in [-0.2, -0.15) is 0 Å². The molecule has 0 aliphatic carbocycles. The molecule has 104 valence electrons. The lowest BCUT2D eigenvalue weighted by molar-refractivity contribution is 0.0972. The Morgan fingerprint density at radius 1 is 1.47 bits per heavy atom. The van der Waals surface area contributed by atoms with Crippen LogP contribution in [0.5, 0.6) is 0 Å². The summed E-state index contributed by atoms with van der Waals surface area (Å²) < 4.78 is 2.07. The van der Waals surface area contributed by atoms with Crippen LogP contribution in [-0.4, -0.2) is 65.0 Å². The number of aromatic nitrogens is 2. The molecule has 0 aromatic carbocycles. The first-order valence-corrected chi connectivity index (χ1v) is 7.57. The Labute approximate surface area is 117 Å². The second-order valence-corrected chi connectivity index (χ2v) is 6.38. The van der Waals surface area contributed by atoms with Gasteiger partial charge in [0.25, 0.3) is 0 Å². The zero-order valence-corrected chi connectivity index (χ0v) is 12.3. The summed E-state index contributed by atoms with van der Waals surface area (Å²) in [4.78, 5) is 10.4. The Hall–Kier alpha value is -0.950. The Bertz CT molecular complexity index is 519. The molecule has 1 saturated heterocycles. The summed E-state index contributed by atoms with van der Waals surface area (Å²) in [5.74, 6) is 0. The number of imidazole rings is 1. The molecule has 5 nitrogen and oxygen atoms in total. The van der Waals surface area contributed by atoms with Crippen LogP contribution in [0.15, 0.2) is 17.8 Å². The molecule has 0 bridgehead atoms. The molecule has 2 atom stereocenters. The van der Waals surface area contributed by atoms with Crippen molar-refractivity contribution in [3.8, 4) is 0 Å². The summed E-state index contributed by atoms with van der Waals surface area (Å²) in [5, 5.41) is 2.05. The molecule has 2 unspecified atom stereocenters. The van der Waals surface area contributed by atoms with Crippen LogP contribution in [0.25, 0.3) is 4.96 Å². The van der Waals surface area contributed by atoms with Crippen molar-refractivity contribution in [2.75, 3.05) is 33.7 Å². The highest BCUT2D eigenvalue weighted by molar-refractivity contribution is 7.15. The first kappa shape index (κ1) is 13.1. The normalized spacial score (nSPS) is 24.1. The number of hydrogen-bond donors (Lipinski definition) is 1. The van der Waals surface area contributed by atoms with E-state index in [0.717, 1.165) is 36.7 Å². The lowest BCUT2D eigenvalue weighted by Gasteiger charge is -2.40. The minimum absolute atomic E-state index is 0.136. The number of fused-ring (bicyclic) bond motifs is 1. The second kappa shape index (κ2) is 5.20. The van der Waals surface area contributed by atoms with Gasteiger partial charge in [0, 0.05) is 55.9 Å². The van der Waals surface area contributed by atoms with Gasteiger partial charge in [0.15, 0.2) is 4.96 Å². The number of nitrogens with zero attached hydrogens (tertiary/aromatic N) is 4. The molecule has 1 aliphatic heterocycles. The summed E-state index contributed by atoms with van der Waals surface area (Å²) in [7, 11) is 4.34. The van der Waals surface area contributed by atoms with Crippen molar-refractivity contribution in [1.82, 2.24) is 19.2 Å². The highest BCUT2D eigenvalue weighted by atomic mass is 32.1. The predicted octanol–water partition coefficient (Wildman–Crippen LogP) is 0.511. The highest BCUT2D eigenvalue weighted by Gasteiger charge is 2.28. The molecule has 6 heteroatoms. The van der Waals surface area contributed by atoms with Gasteiger partial charge in [-0.05, 0) is 14.1 Å². The fourth-order valence-electron chi connectivity index (χ4n) is 2.76. The fraction of sp³-hybridized carbons (Fsp3) is 0.615. The zero-order valence-electron chi connectivity index (χ0n) is 11.5. The third-order valence-electron chi connectivity index (χ3n) is 3.98. The maximum absolute atomic E-state index is 6.41. The molecule has 0 amide bonds. The maximum Gasteiger partial charge on any atom is 0.193 e. The quantitative estimate of drug-likeness (QED) is 0.889. The van der Waals surface area contributed by atoms with Crippen LogP contribution in [0.1, 0.15) is 5.69 Å². The predicted molar refractivity (Wildman–Crippen MR) is 78.7 cm³/mol. The summed E-state index contributed by atoms with van der Waals surface area (Å²) >= 11 is 1.66. The van der Waals surface area contributed by atoms with E-state index in [9.17, 15) is 0 Å². The van der Waals surface area contributed by atoms with Crippen LogP contribution >= 0.6 is 11.3 Å². The average Bonchev–Trinajstić information content (AvgIpc) is 2.92. The van der Waals surface area contributed by atoms with E-state index in [0.29, 0.717) is 6.04 Å². The minimum atomic E-state index is 0.136. The molecular weight excluding hydrogens is 258 g/mol. The Morgan fingerprint density at radius 3 is 3.11 bits per heavy atom. The van der Waals surface area contributed by atoms with Crippen LogP contribution in [0.3, 0.4) is 0 Å². The van der Waals surface area contributed by atoms with Gasteiger partial charge in [0.2, 0.25) is 0 Å². The van der Waals surface area contributed by atoms with Crippen molar-refractivity contribution in [2.24, 2.45) is 5.73 Å². The van der Waals surface area contributed by atoms with Crippen LogP contribution in [-0.2, 0) is 6.42 Å². The maximum atomic E-state index is 6.41. The van der Waals surface area contributed by atoms with Crippen molar-refractivity contribution in [1.29, 1.82) is 0 Å². The summed E-state index contributed by atoms with van der Waals surface area (Å²) in [6.45, 7) is 3.26. The SMILES string of the molecule is CN1CCN(C)C(C(N)Cc2cn3ccsc3n2)C1. The molecule has 3 rings (SSSR count). The van der Waals surface area contributed by atoms with Gasteiger partial charge in [-0.3, -0.25) is 9.30 Å². The van der Waals surface area contributed by atoms with E-state index in [4.69, 9.17) is 5.73 Å². The number of rotatable bonds is 3. The largest absolute Gasteiger partial charge is 0.326 e. The molecule has 0 saturated carbocycles. The molecular formula is C13H21N5S. The van der Waals surface area contributed by atoms with Gasteiger partial charge in [-0.1, -0.05) is 0 Å². The number of hydrogen-bond acceptors (Lipinski definition) is 5. The van der Waals surface area contributed by atoms with E-state index in [-0.39, 0.29) is 6.04 Å². The second-order valence-electron chi connectivity index (χ2n) is 5.50. The summed E-state index contributed by atoms with van der Waals surface area (Å²) in [5.41, 5.74) is 7.51. The Balaban J connectivity index is 1.69. The zero-order chi connectivity index (χ0) is 13.4. The number of nitrogens with two attached hydrogens (primary N) is 1. The molecule has 0 radical (unpaired) electrons. The van der Waals surface area contributed by atoms with Gasteiger partial charge >= 0.3 is 0 Å².